The van der Waals surface area contributed by atoms with Crippen LogP contribution in [0.3, 0.4) is 0 Å². The fourth-order valence-corrected chi connectivity index (χ4v) is 6.16. The lowest BCUT2D eigenvalue weighted by atomic mass is 10.1. The average molecular weight is 655 g/mol. The number of hydrogen-bond donors (Lipinski definition) is 2. The number of hydroxylamine groups is 1. The van der Waals surface area contributed by atoms with Crippen LogP contribution in [0.15, 0.2) is 70.4 Å². The number of halogens is 3. The second-order valence-corrected chi connectivity index (χ2v) is 11.3. The molecular weight excluding hydrogens is 625 g/mol. The first-order chi connectivity index (χ1) is 22.1. The predicted octanol–water partition coefficient (Wildman–Crippen LogP) is 4.70. The maximum Gasteiger partial charge on any atom is 0.343 e. The maximum atomic E-state index is 14.9. The first kappa shape index (κ1) is 32.4. The lowest BCUT2D eigenvalue weighted by molar-refractivity contribution is 0.114. The fraction of sp³-hybridized carbons (Fsp3) is 0.226. The van der Waals surface area contributed by atoms with Crippen LogP contribution in [0.4, 0.5) is 23.7 Å². The summed E-state index contributed by atoms with van der Waals surface area (Å²) in [6, 6.07) is 12.4. The smallest absolute Gasteiger partial charge is 0.343 e. The molecule has 0 saturated carbocycles. The lowest BCUT2D eigenvalue weighted by Gasteiger charge is -2.15. The van der Waals surface area contributed by atoms with Gasteiger partial charge in [0.25, 0.3) is 5.56 Å². The number of amides is 2. The highest BCUT2D eigenvalue weighted by Gasteiger charge is 2.25. The summed E-state index contributed by atoms with van der Waals surface area (Å²) in [7, 11) is 4.94. The van der Waals surface area contributed by atoms with E-state index in [2.05, 4.69) is 20.6 Å². The molecular formula is C31H29F3N6O5S. The van der Waals surface area contributed by atoms with Crippen molar-refractivity contribution in [2.75, 3.05) is 39.8 Å². The van der Waals surface area contributed by atoms with Crippen LogP contribution in [0.2, 0.25) is 0 Å². The predicted molar refractivity (Wildman–Crippen MR) is 168 cm³/mol. The summed E-state index contributed by atoms with van der Waals surface area (Å²) in [5, 5.41) is 2.79. The van der Waals surface area contributed by atoms with E-state index >= 15 is 0 Å². The van der Waals surface area contributed by atoms with E-state index in [4.69, 9.17) is 4.74 Å². The molecule has 2 aromatic carbocycles. The van der Waals surface area contributed by atoms with Crippen molar-refractivity contribution < 1.29 is 27.5 Å². The molecule has 15 heteroatoms. The zero-order chi connectivity index (χ0) is 33.0. The molecule has 46 heavy (non-hydrogen) atoms. The number of carbonyl (C=O) groups is 1. The van der Waals surface area contributed by atoms with Crippen molar-refractivity contribution in [1.29, 1.82) is 0 Å². The van der Waals surface area contributed by atoms with Crippen LogP contribution < -0.4 is 26.8 Å². The van der Waals surface area contributed by atoms with Crippen LogP contribution in [0, 0.1) is 11.6 Å². The number of urea groups is 1. The molecule has 3 heterocycles. The van der Waals surface area contributed by atoms with Crippen LogP contribution in [-0.4, -0.2) is 59.5 Å². The zero-order valence-electron chi connectivity index (χ0n) is 25.0. The number of nitrogens with one attached hydrogen (secondary N) is 2. The fourth-order valence-electron chi connectivity index (χ4n) is 4.85. The summed E-state index contributed by atoms with van der Waals surface area (Å²) in [5.41, 5.74) is 1.98. The molecule has 2 amide bonds. The van der Waals surface area contributed by atoms with Crippen molar-refractivity contribution in [3.8, 4) is 22.0 Å². The van der Waals surface area contributed by atoms with Gasteiger partial charge >= 0.3 is 11.7 Å². The van der Waals surface area contributed by atoms with Crippen LogP contribution in [0.5, 0.6) is 5.75 Å². The summed E-state index contributed by atoms with van der Waals surface area (Å²) in [6.45, 7) is -1.15. The third kappa shape index (κ3) is 6.66. The number of thiophene rings is 1. The van der Waals surface area contributed by atoms with Crippen LogP contribution in [0.25, 0.3) is 26.5 Å². The lowest BCUT2D eigenvalue weighted by Crippen LogP contribution is -2.39. The molecule has 0 unspecified atom stereocenters. The zero-order valence-corrected chi connectivity index (χ0v) is 25.8. The van der Waals surface area contributed by atoms with E-state index < -0.39 is 42.1 Å². The van der Waals surface area contributed by atoms with Gasteiger partial charge in [0.15, 0.2) is 0 Å². The number of benzene rings is 2. The van der Waals surface area contributed by atoms with Crippen molar-refractivity contribution in [1.82, 2.24) is 24.5 Å². The molecule has 5 rings (SSSR count). The second kappa shape index (κ2) is 14.0. The maximum absolute atomic E-state index is 14.9. The number of alkyl halides is 1. The Balaban J connectivity index is 1.76. The van der Waals surface area contributed by atoms with Crippen molar-refractivity contribution in [3.63, 3.8) is 0 Å². The highest BCUT2D eigenvalue weighted by molar-refractivity contribution is 7.22. The van der Waals surface area contributed by atoms with Crippen LogP contribution in [0.1, 0.15) is 11.1 Å². The highest BCUT2D eigenvalue weighted by Crippen LogP contribution is 2.38. The van der Waals surface area contributed by atoms with Crippen LogP contribution >= 0.6 is 11.3 Å². The van der Waals surface area contributed by atoms with Crippen molar-refractivity contribution >= 4 is 33.3 Å². The third-order valence-corrected chi connectivity index (χ3v) is 8.12. The van der Waals surface area contributed by atoms with Gasteiger partial charge in [-0.05, 0) is 61.6 Å². The Morgan fingerprint density at radius 1 is 1.02 bits per heavy atom. The number of hydrogen-bond acceptors (Lipinski definition) is 8. The number of anilines is 1. The average Bonchev–Trinajstić information content (AvgIpc) is 3.39. The van der Waals surface area contributed by atoms with Crippen molar-refractivity contribution in [2.45, 2.75) is 13.1 Å². The number of nitrogens with zero attached hydrogens (tertiary/aromatic N) is 4. The Morgan fingerprint density at radius 3 is 2.35 bits per heavy atom. The van der Waals surface area contributed by atoms with Gasteiger partial charge in [-0.3, -0.25) is 14.2 Å². The molecule has 2 N–H and O–H groups in total. The molecule has 0 saturated heterocycles. The summed E-state index contributed by atoms with van der Waals surface area (Å²) < 4.78 is 49.6. The van der Waals surface area contributed by atoms with Gasteiger partial charge in [-0.15, -0.1) is 11.3 Å². The number of aromatic nitrogens is 3. The molecule has 0 radical (unpaired) electrons. The van der Waals surface area contributed by atoms with Gasteiger partial charge in [-0.2, -0.15) is 0 Å². The second-order valence-electron chi connectivity index (χ2n) is 10.3. The van der Waals surface area contributed by atoms with Gasteiger partial charge in [-0.1, -0.05) is 18.2 Å². The Hall–Kier alpha value is -4.99. The Kier molecular flexibility index (Phi) is 9.84. The van der Waals surface area contributed by atoms with Gasteiger partial charge in [0.05, 0.1) is 25.2 Å². The Morgan fingerprint density at radius 2 is 1.74 bits per heavy atom. The molecule has 3 aromatic heterocycles. The van der Waals surface area contributed by atoms with E-state index in [1.165, 1.54) is 31.5 Å². The highest BCUT2D eigenvalue weighted by atomic mass is 32.1. The molecule has 0 fully saturated rings. The van der Waals surface area contributed by atoms with Gasteiger partial charge in [0.2, 0.25) is 0 Å². The first-order valence-corrected chi connectivity index (χ1v) is 14.7. The van der Waals surface area contributed by atoms with Gasteiger partial charge in [-0.25, -0.2) is 37.8 Å². The van der Waals surface area contributed by atoms with Crippen molar-refractivity contribution in [3.05, 3.63) is 104 Å². The van der Waals surface area contributed by atoms with Gasteiger partial charge in [0, 0.05) is 22.7 Å². The minimum atomic E-state index is -0.863. The summed E-state index contributed by atoms with van der Waals surface area (Å²) in [6.07, 6.45) is 1.25. The molecule has 0 aliphatic rings. The number of fused-ring (bicyclic) bond motifs is 1. The number of pyridine rings is 1. The number of ether oxygens (including phenoxy) is 1. The molecule has 240 valence electrons. The molecule has 0 aliphatic heterocycles. The molecule has 0 bridgehead atoms. The minimum absolute atomic E-state index is 0.0550. The van der Waals surface area contributed by atoms with Crippen molar-refractivity contribution in [2.24, 2.45) is 0 Å². The van der Waals surface area contributed by atoms with E-state index in [-0.39, 0.29) is 40.5 Å². The molecule has 0 atom stereocenters. The normalized spacial score (nSPS) is 11.3. The Labute approximate surface area is 264 Å². The summed E-state index contributed by atoms with van der Waals surface area (Å²) >= 11 is 1.13. The van der Waals surface area contributed by atoms with E-state index in [9.17, 15) is 27.6 Å². The largest absolute Gasteiger partial charge is 0.489 e. The van der Waals surface area contributed by atoms with Gasteiger partial charge < -0.3 is 15.0 Å². The number of rotatable bonds is 11. The molecule has 0 spiro atoms. The molecule has 11 nitrogen and oxygen atoms in total. The monoisotopic (exact) mass is 654 g/mol. The summed E-state index contributed by atoms with van der Waals surface area (Å²) in [4.78, 5) is 51.7. The summed E-state index contributed by atoms with van der Waals surface area (Å²) in [5.74, 6) is -1.53. The van der Waals surface area contributed by atoms with E-state index in [1.54, 1.807) is 24.3 Å². The molecule has 5 aromatic rings. The molecule has 0 aliphatic carbocycles. The topological polar surface area (TPSA) is 120 Å². The van der Waals surface area contributed by atoms with Gasteiger partial charge in [0.1, 0.15) is 41.3 Å². The standard InChI is InChI=1S/C31H29F3N6O5S/c1-38(2)16-22-26-28(41)40(25-12-11-20(15-35-25)45-14-13-32)31(43)39(17-21-23(33)5-4-6-24(21)34)29(26)46-27(22)18-7-9-19(10-8-18)36-30(42)37-44-3/h4-12,15H,13-14,16-17H2,1-3H3,(H2,36,37,42). The minimum Gasteiger partial charge on any atom is -0.489 e. The van der Waals surface area contributed by atoms with E-state index in [0.717, 1.165) is 32.6 Å². The van der Waals surface area contributed by atoms with Crippen LogP contribution in [-0.2, 0) is 17.9 Å². The Bertz CT molecular complexity index is 1970. The van der Waals surface area contributed by atoms with E-state index in [0.29, 0.717) is 21.7 Å². The SMILES string of the molecule is CONC(=O)Nc1ccc(-c2sc3c(c2CN(C)C)c(=O)n(-c2ccc(OCCF)cn2)c(=O)n3Cc2c(F)cccc2F)cc1. The first-order valence-electron chi connectivity index (χ1n) is 13.9. The quantitative estimate of drug-likeness (QED) is 0.198. The van der Waals surface area contributed by atoms with E-state index in [1.807, 2.05) is 19.0 Å². The third-order valence-electron chi connectivity index (χ3n) is 6.82. The number of carbonyl (C=O) groups excluding carboxylic acids is 1.